The SMILES string of the molecule is COC[C@H](C)n1c(C)cc(C(=O)CN2C(=O)N[C@H](Cc3c[nH]c4ccccc34)C2=O)c1C. The molecule has 8 nitrogen and oxygen atoms in total. The lowest BCUT2D eigenvalue weighted by atomic mass is 10.0. The molecule has 0 bridgehead atoms. The lowest BCUT2D eigenvalue weighted by Crippen LogP contribution is -2.36. The number of fused-ring (bicyclic) bond motifs is 1. The first-order chi connectivity index (χ1) is 15.3. The molecular weight excluding hydrogens is 408 g/mol. The third-order valence-corrected chi connectivity index (χ3v) is 6.14. The number of hydrogen-bond acceptors (Lipinski definition) is 4. The number of nitrogens with zero attached hydrogens (tertiary/aromatic N) is 2. The van der Waals surface area contributed by atoms with E-state index in [9.17, 15) is 14.4 Å². The lowest BCUT2D eigenvalue weighted by Gasteiger charge is -2.18. The zero-order chi connectivity index (χ0) is 23.0. The number of benzene rings is 1. The highest BCUT2D eigenvalue weighted by Gasteiger charge is 2.39. The number of amides is 3. The quantitative estimate of drug-likeness (QED) is 0.419. The Labute approximate surface area is 186 Å². The van der Waals surface area contributed by atoms with E-state index in [1.807, 2.05) is 61.9 Å². The van der Waals surface area contributed by atoms with Crippen LogP contribution in [-0.2, 0) is 16.0 Å². The van der Waals surface area contributed by atoms with Gasteiger partial charge < -0.3 is 19.6 Å². The highest BCUT2D eigenvalue weighted by molar-refractivity contribution is 6.09. The van der Waals surface area contributed by atoms with Gasteiger partial charge in [-0.15, -0.1) is 0 Å². The van der Waals surface area contributed by atoms with Gasteiger partial charge in [0.2, 0.25) is 0 Å². The number of urea groups is 1. The summed E-state index contributed by atoms with van der Waals surface area (Å²) in [7, 11) is 1.64. The standard InChI is InChI=1S/C24H28N4O4/c1-14-9-19(16(3)28(14)15(2)13-32-4)22(29)12-27-23(30)21(26-24(27)31)10-17-11-25-20-8-6-5-7-18(17)20/h5-9,11,15,21,25H,10,12-13H2,1-4H3,(H,26,31)/t15-,21+/m0/s1. The van der Waals surface area contributed by atoms with Crippen LogP contribution in [0.15, 0.2) is 36.5 Å². The zero-order valence-corrected chi connectivity index (χ0v) is 18.8. The van der Waals surface area contributed by atoms with Gasteiger partial charge in [0, 0.05) is 47.6 Å². The van der Waals surface area contributed by atoms with E-state index in [4.69, 9.17) is 4.74 Å². The summed E-state index contributed by atoms with van der Waals surface area (Å²) >= 11 is 0. The minimum absolute atomic E-state index is 0.0684. The monoisotopic (exact) mass is 436 g/mol. The molecular formula is C24H28N4O4. The molecule has 1 aliphatic heterocycles. The second kappa shape index (κ2) is 8.63. The van der Waals surface area contributed by atoms with Crippen molar-refractivity contribution in [1.29, 1.82) is 0 Å². The van der Waals surface area contributed by atoms with E-state index < -0.39 is 12.1 Å². The average Bonchev–Trinajstić information content (AvgIpc) is 3.38. The van der Waals surface area contributed by atoms with Gasteiger partial charge in [-0.2, -0.15) is 0 Å². The summed E-state index contributed by atoms with van der Waals surface area (Å²) in [6, 6.07) is 8.46. The minimum Gasteiger partial charge on any atom is -0.383 e. The van der Waals surface area contributed by atoms with Gasteiger partial charge in [0.1, 0.15) is 6.04 Å². The van der Waals surface area contributed by atoms with Crippen molar-refractivity contribution in [2.75, 3.05) is 20.3 Å². The average molecular weight is 437 g/mol. The van der Waals surface area contributed by atoms with Crippen LogP contribution in [0, 0.1) is 13.8 Å². The number of ketones is 1. The summed E-state index contributed by atoms with van der Waals surface area (Å²) < 4.78 is 7.29. The van der Waals surface area contributed by atoms with E-state index in [0.29, 0.717) is 18.6 Å². The normalized spacial score (nSPS) is 17.2. The molecule has 0 radical (unpaired) electrons. The molecule has 0 aliphatic carbocycles. The molecule has 3 heterocycles. The number of Topliss-reactive ketones (excluding diaryl/α,β-unsaturated/α-hetero) is 1. The Bertz CT molecular complexity index is 1190. The molecule has 1 aliphatic rings. The van der Waals surface area contributed by atoms with Crippen LogP contribution >= 0.6 is 0 Å². The van der Waals surface area contributed by atoms with E-state index in [0.717, 1.165) is 32.8 Å². The molecule has 8 heteroatoms. The van der Waals surface area contributed by atoms with Crippen molar-refractivity contribution in [3.8, 4) is 0 Å². The Balaban J connectivity index is 1.49. The van der Waals surface area contributed by atoms with Crippen molar-refractivity contribution in [2.45, 2.75) is 39.3 Å². The molecule has 1 saturated heterocycles. The van der Waals surface area contributed by atoms with E-state index in [1.54, 1.807) is 7.11 Å². The lowest BCUT2D eigenvalue weighted by molar-refractivity contribution is -0.127. The Morgan fingerprint density at radius 1 is 1.22 bits per heavy atom. The molecule has 168 valence electrons. The van der Waals surface area contributed by atoms with Crippen LogP contribution in [0.3, 0.4) is 0 Å². The molecule has 1 aromatic carbocycles. The molecule has 0 unspecified atom stereocenters. The van der Waals surface area contributed by atoms with Gasteiger partial charge in [-0.25, -0.2) is 4.79 Å². The molecule has 0 saturated carbocycles. The number of rotatable bonds is 8. The number of aromatic amines is 1. The van der Waals surface area contributed by atoms with Gasteiger partial charge in [-0.3, -0.25) is 14.5 Å². The first-order valence-corrected chi connectivity index (χ1v) is 10.7. The fraction of sp³-hybridized carbons (Fsp3) is 0.375. The molecule has 3 amide bonds. The topological polar surface area (TPSA) is 96.4 Å². The second-order valence-corrected chi connectivity index (χ2v) is 8.37. The Hall–Kier alpha value is -3.39. The molecule has 3 aromatic rings. The van der Waals surface area contributed by atoms with Gasteiger partial charge in [-0.05, 0) is 38.5 Å². The maximum Gasteiger partial charge on any atom is 0.325 e. The predicted molar refractivity (Wildman–Crippen MR) is 121 cm³/mol. The number of carbonyl (C=O) groups excluding carboxylic acids is 3. The number of imide groups is 1. The molecule has 2 atom stereocenters. The van der Waals surface area contributed by atoms with Crippen molar-refractivity contribution in [3.63, 3.8) is 0 Å². The number of H-pyrrole nitrogens is 1. The van der Waals surface area contributed by atoms with Crippen LogP contribution in [0.2, 0.25) is 0 Å². The highest BCUT2D eigenvalue weighted by Crippen LogP contribution is 2.23. The number of carbonyl (C=O) groups is 3. The second-order valence-electron chi connectivity index (χ2n) is 8.37. The molecule has 2 N–H and O–H groups in total. The number of aryl methyl sites for hydroxylation is 1. The maximum absolute atomic E-state index is 13.0. The number of para-hydroxylation sites is 1. The molecule has 32 heavy (non-hydrogen) atoms. The number of aromatic nitrogens is 2. The number of nitrogens with one attached hydrogen (secondary N) is 2. The first-order valence-electron chi connectivity index (χ1n) is 10.7. The summed E-state index contributed by atoms with van der Waals surface area (Å²) in [6.07, 6.45) is 2.22. The van der Waals surface area contributed by atoms with Crippen LogP contribution in [-0.4, -0.2) is 58.5 Å². The van der Waals surface area contributed by atoms with Crippen molar-refractivity contribution in [2.24, 2.45) is 0 Å². The summed E-state index contributed by atoms with van der Waals surface area (Å²) in [5.41, 5.74) is 4.18. The van der Waals surface area contributed by atoms with Gasteiger partial charge in [-0.1, -0.05) is 18.2 Å². The van der Waals surface area contributed by atoms with Gasteiger partial charge >= 0.3 is 6.03 Å². The van der Waals surface area contributed by atoms with Gasteiger partial charge in [0.25, 0.3) is 5.91 Å². The van der Waals surface area contributed by atoms with Crippen molar-refractivity contribution in [1.82, 2.24) is 19.8 Å². The van der Waals surface area contributed by atoms with Crippen molar-refractivity contribution in [3.05, 3.63) is 59.0 Å². The van der Waals surface area contributed by atoms with Crippen LogP contribution in [0.4, 0.5) is 4.79 Å². The Morgan fingerprint density at radius 3 is 2.72 bits per heavy atom. The minimum atomic E-state index is -0.691. The van der Waals surface area contributed by atoms with E-state index in [-0.39, 0.29) is 24.3 Å². The van der Waals surface area contributed by atoms with E-state index in [1.165, 1.54) is 0 Å². The summed E-state index contributed by atoms with van der Waals surface area (Å²) in [5.74, 6) is -0.639. The molecule has 4 rings (SSSR count). The van der Waals surface area contributed by atoms with Crippen LogP contribution in [0.5, 0.6) is 0 Å². The summed E-state index contributed by atoms with van der Waals surface area (Å²) in [5, 5.41) is 3.74. The van der Waals surface area contributed by atoms with Crippen LogP contribution < -0.4 is 5.32 Å². The summed E-state index contributed by atoms with van der Waals surface area (Å²) in [4.78, 5) is 42.7. The number of methoxy groups -OCH3 is 1. The number of hydrogen-bond donors (Lipinski definition) is 2. The molecule has 0 spiro atoms. The first kappa shape index (κ1) is 21.8. The summed E-state index contributed by atoms with van der Waals surface area (Å²) in [6.45, 7) is 6.06. The van der Waals surface area contributed by atoms with E-state index in [2.05, 4.69) is 10.3 Å². The van der Waals surface area contributed by atoms with Crippen molar-refractivity contribution < 1.29 is 19.1 Å². The fourth-order valence-corrected chi connectivity index (χ4v) is 4.67. The Kier molecular flexibility index (Phi) is 5.88. The number of ether oxygens (including phenoxy) is 1. The Morgan fingerprint density at radius 2 is 1.97 bits per heavy atom. The van der Waals surface area contributed by atoms with Crippen LogP contribution in [0.1, 0.15) is 40.3 Å². The highest BCUT2D eigenvalue weighted by atomic mass is 16.5. The van der Waals surface area contributed by atoms with Gasteiger partial charge in [0.15, 0.2) is 5.78 Å². The van der Waals surface area contributed by atoms with E-state index >= 15 is 0 Å². The maximum atomic E-state index is 13.0. The van der Waals surface area contributed by atoms with Crippen molar-refractivity contribution >= 4 is 28.6 Å². The zero-order valence-electron chi connectivity index (χ0n) is 18.8. The largest absolute Gasteiger partial charge is 0.383 e. The molecule has 1 fully saturated rings. The predicted octanol–water partition coefficient (Wildman–Crippen LogP) is 3.14. The third kappa shape index (κ3) is 3.82. The van der Waals surface area contributed by atoms with Gasteiger partial charge in [0.05, 0.1) is 19.2 Å². The molecule has 2 aromatic heterocycles. The smallest absolute Gasteiger partial charge is 0.325 e. The van der Waals surface area contributed by atoms with Crippen LogP contribution in [0.25, 0.3) is 10.9 Å². The fourth-order valence-electron chi connectivity index (χ4n) is 4.67. The third-order valence-electron chi connectivity index (χ3n) is 6.14.